The number of nitrogens with one attached hydrogen (secondary N) is 1. The second-order valence-corrected chi connectivity index (χ2v) is 7.36. The molecule has 1 saturated carbocycles. The number of aromatic nitrogens is 1. The van der Waals surface area contributed by atoms with Crippen molar-refractivity contribution in [1.29, 1.82) is 0 Å². The minimum Gasteiger partial charge on any atom is -0.481 e. The third kappa shape index (κ3) is 2.98. The van der Waals surface area contributed by atoms with E-state index >= 15 is 0 Å². The minimum absolute atomic E-state index is 0.0578. The molecule has 8 nitrogen and oxygen atoms in total. The van der Waals surface area contributed by atoms with Crippen molar-refractivity contribution in [3.8, 4) is 0 Å². The third-order valence-corrected chi connectivity index (χ3v) is 5.94. The number of aliphatic carboxylic acids is 1. The molecule has 140 valence electrons. The molecule has 1 aliphatic carbocycles. The van der Waals surface area contributed by atoms with Gasteiger partial charge in [0, 0.05) is 26.2 Å². The number of carbonyl (C=O) groups excluding carboxylic acids is 1. The maximum absolute atomic E-state index is 12.6. The summed E-state index contributed by atoms with van der Waals surface area (Å²) in [5.41, 5.74) is 0.247. The molecular weight excluding hydrogens is 336 g/mol. The third-order valence-electron chi connectivity index (χ3n) is 5.94. The molecule has 2 aliphatic heterocycles. The van der Waals surface area contributed by atoms with Crippen molar-refractivity contribution in [1.82, 2.24) is 9.88 Å². The quantitative estimate of drug-likeness (QED) is 0.851. The molecule has 26 heavy (non-hydrogen) atoms. The SMILES string of the molecule is O=C(Nc1ccc(N2CCOCC2)cn1)N1C[C@@H]2CCC[C@@]2(C(=O)O)C1. The Morgan fingerprint density at radius 3 is 2.77 bits per heavy atom. The van der Waals surface area contributed by atoms with E-state index in [0.717, 1.165) is 31.6 Å². The molecular formula is C18H24N4O4. The van der Waals surface area contributed by atoms with Gasteiger partial charge < -0.3 is 19.6 Å². The lowest BCUT2D eigenvalue weighted by atomic mass is 9.81. The molecule has 2 atom stereocenters. The smallest absolute Gasteiger partial charge is 0.323 e. The zero-order valence-electron chi connectivity index (χ0n) is 14.7. The van der Waals surface area contributed by atoms with Gasteiger partial charge in [0.2, 0.25) is 0 Å². The van der Waals surface area contributed by atoms with Crippen LogP contribution in [0.2, 0.25) is 0 Å². The number of hydrogen-bond acceptors (Lipinski definition) is 5. The van der Waals surface area contributed by atoms with Crippen LogP contribution in [0.4, 0.5) is 16.3 Å². The predicted octanol–water partition coefficient (Wildman–Crippen LogP) is 1.64. The Morgan fingerprint density at radius 1 is 1.31 bits per heavy atom. The van der Waals surface area contributed by atoms with E-state index in [9.17, 15) is 14.7 Å². The molecule has 0 radical (unpaired) electrons. The summed E-state index contributed by atoms with van der Waals surface area (Å²) in [5, 5.41) is 12.4. The van der Waals surface area contributed by atoms with Gasteiger partial charge in [-0.2, -0.15) is 0 Å². The summed E-state index contributed by atoms with van der Waals surface area (Å²) in [6.07, 6.45) is 4.21. The summed E-state index contributed by atoms with van der Waals surface area (Å²) in [5.74, 6) is -0.237. The summed E-state index contributed by atoms with van der Waals surface area (Å²) >= 11 is 0. The number of morpholine rings is 1. The van der Waals surface area contributed by atoms with Gasteiger partial charge in [0.1, 0.15) is 5.82 Å². The number of fused-ring (bicyclic) bond motifs is 1. The maximum Gasteiger partial charge on any atom is 0.323 e. The summed E-state index contributed by atoms with van der Waals surface area (Å²) in [6.45, 7) is 3.87. The van der Waals surface area contributed by atoms with Crippen LogP contribution in [0.1, 0.15) is 19.3 Å². The molecule has 0 bridgehead atoms. The minimum atomic E-state index is -0.775. The molecule has 8 heteroatoms. The summed E-state index contributed by atoms with van der Waals surface area (Å²) in [6, 6.07) is 3.45. The number of anilines is 2. The number of likely N-dealkylation sites (tertiary alicyclic amines) is 1. The lowest BCUT2D eigenvalue weighted by Gasteiger charge is -2.28. The molecule has 4 rings (SSSR count). The van der Waals surface area contributed by atoms with Crippen LogP contribution in [0.15, 0.2) is 18.3 Å². The van der Waals surface area contributed by atoms with Crippen LogP contribution >= 0.6 is 0 Å². The first kappa shape index (κ1) is 17.1. The fraction of sp³-hybridized carbons (Fsp3) is 0.611. The van der Waals surface area contributed by atoms with Crippen LogP contribution in [0.3, 0.4) is 0 Å². The standard InChI is InChI=1S/C18H24N4O4/c23-16(24)18-5-1-2-13(18)11-22(12-18)17(25)20-15-4-3-14(10-19-15)21-6-8-26-9-7-21/h3-4,10,13H,1-2,5-9,11-12H2,(H,23,24)(H,19,20,25)/t13-,18+/m0/s1. The highest BCUT2D eigenvalue weighted by atomic mass is 16.5. The van der Waals surface area contributed by atoms with Gasteiger partial charge in [0.05, 0.1) is 30.5 Å². The number of urea groups is 1. The predicted molar refractivity (Wildman–Crippen MR) is 95.3 cm³/mol. The second-order valence-electron chi connectivity index (χ2n) is 7.36. The fourth-order valence-electron chi connectivity index (χ4n) is 4.45. The van der Waals surface area contributed by atoms with Crippen molar-refractivity contribution in [2.75, 3.05) is 49.6 Å². The topological polar surface area (TPSA) is 95.0 Å². The van der Waals surface area contributed by atoms with E-state index in [1.54, 1.807) is 17.2 Å². The molecule has 2 N–H and O–H groups in total. The Labute approximate surface area is 152 Å². The summed E-state index contributed by atoms with van der Waals surface area (Å²) in [4.78, 5) is 32.4. The van der Waals surface area contributed by atoms with Crippen LogP contribution < -0.4 is 10.2 Å². The van der Waals surface area contributed by atoms with E-state index in [4.69, 9.17) is 4.74 Å². The van der Waals surface area contributed by atoms with Gasteiger partial charge in [0.15, 0.2) is 0 Å². The van der Waals surface area contributed by atoms with E-state index < -0.39 is 11.4 Å². The molecule has 0 unspecified atom stereocenters. The number of rotatable bonds is 3. The molecule has 1 aromatic heterocycles. The largest absolute Gasteiger partial charge is 0.481 e. The lowest BCUT2D eigenvalue weighted by Crippen LogP contribution is -2.39. The van der Waals surface area contributed by atoms with Crippen LogP contribution in [0.5, 0.6) is 0 Å². The Morgan fingerprint density at radius 2 is 2.12 bits per heavy atom. The zero-order valence-corrected chi connectivity index (χ0v) is 14.7. The van der Waals surface area contributed by atoms with Crippen molar-refractivity contribution in [3.05, 3.63) is 18.3 Å². The van der Waals surface area contributed by atoms with E-state index in [2.05, 4.69) is 15.2 Å². The van der Waals surface area contributed by atoms with Crippen molar-refractivity contribution >= 4 is 23.5 Å². The molecule has 0 spiro atoms. The Hall–Kier alpha value is -2.35. The van der Waals surface area contributed by atoms with Gasteiger partial charge in [-0.3, -0.25) is 10.1 Å². The summed E-state index contributed by atoms with van der Waals surface area (Å²) < 4.78 is 5.34. The van der Waals surface area contributed by atoms with E-state index in [1.807, 2.05) is 6.07 Å². The Kier molecular flexibility index (Phi) is 4.44. The van der Waals surface area contributed by atoms with Crippen molar-refractivity contribution in [2.45, 2.75) is 19.3 Å². The molecule has 0 aromatic carbocycles. The van der Waals surface area contributed by atoms with Gasteiger partial charge >= 0.3 is 12.0 Å². The van der Waals surface area contributed by atoms with Gasteiger partial charge in [-0.25, -0.2) is 9.78 Å². The first-order valence-electron chi connectivity index (χ1n) is 9.16. The van der Waals surface area contributed by atoms with Gasteiger partial charge in [-0.15, -0.1) is 0 Å². The van der Waals surface area contributed by atoms with E-state index in [1.165, 1.54) is 0 Å². The monoisotopic (exact) mass is 360 g/mol. The van der Waals surface area contributed by atoms with Gasteiger partial charge in [-0.05, 0) is 30.9 Å². The average molecular weight is 360 g/mol. The van der Waals surface area contributed by atoms with Crippen molar-refractivity contribution in [3.63, 3.8) is 0 Å². The first-order chi connectivity index (χ1) is 12.6. The number of ether oxygens (including phenoxy) is 1. The van der Waals surface area contributed by atoms with Crippen molar-refractivity contribution in [2.24, 2.45) is 11.3 Å². The maximum atomic E-state index is 12.6. The second kappa shape index (κ2) is 6.75. The number of amides is 2. The fourth-order valence-corrected chi connectivity index (χ4v) is 4.45. The van der Waals surface area contributed by atoms with Gasteiger partial charge in [0.25, 0.3) is 0 Å². The summed E-state index contributed by atoms with van der Waals surface area (Å²) in [7, 11) is 0. The number of hydrogen-bond donors (Lipinski definition) is 2. The number of pyridine rings is 1. The van der Waals surface area contributed by atoms with Crippen LogP contribution in [-0.2, 0) is 9.53 Å². The van der Waals surface area contributed by atoms with Crippen LogP contribution in [0, 0.1) is 11.3 Å². The van der Waals surface area contributed by atoms with Crippen molar-refractivity contribution < 1.29 is 19.4 Å². The highest BCUT2D eigenvalue weighted by Crippen LogP contribution is 2.48. The highest BCUT2D eigenvalue weighted by molar-refractivity contribution is 5.90. The number of carboxylic acids is 1. The highest BCUT2D eigenvalue weighted by Gasteiger charge is 2.55. The Bertz CT molecular complexity index is 689. The average Bonchev–Trinajstić information content (AvgIpc) is 3.22. The lowest BCUT2D eigenvalue weighted by molar-refractivity contribution is -0.149. The first-order valence-corrected chi connectivity index (χ1v) is 9.16. The van der Waals surface area contributed by atoms with E-state index in [0.29, 0.717) is 32.0 Å². The molecule has 2 amide bonds. The molecule has 1 aromatic rings. The van der Waals surface area contributed by atoms with Gasteiger partial charge in [-0.1, -0.05) is 6.42 Å². The number of carbonyl (C=O) groups is 2. The molecule has 3 fully saturated rings. The molecule has 3 heterocycles. The number of carboxylic acid groups (broad SMARTS) is 1. The van der Waals surface area contributed by atoms with Crippen LogP contribution in [0.25, 0.3) is 0 Å². The van der Waals surface area contributed by atoms with Crippen LogP contribution in [-0.4, -0.2) is 66.4 Å². The Balaban J connectivity index is 1.38. The number of nitrogens with zero attached hydrogens (tertiary/aromatic N) is 3. The normalized spacial score (nSPS) is 28.1. The zero-order chi connectivity index (χ0) is 18.1. The molecule has 2 saturated heterocycles. The molecule has 3 aliphatic rings. The van der Waals surface area contributed by atoms with E-state index in [-0.39, 0.29) is 18.5 Å².